The Morgan fingerprint density at radius 1 is 0.667 bits per heavy atom. The van der Waals surface area contributed by atoms with Crippen LogP contribution in [0.3, 0.4) is 0 Å². The Bertz CT molecular complexity index is 348. The minimum Gasteiger partial charge on any atom is -0.344 e. The highest BCUT2D eigenvalue weighted by molar-refractivity contribution is 4.81. The second-order valence-electron chi connectivity index (χ2n) is 12.1. The average molecular weight is 431 g/mol. The van der Waals surface area contributed by atoms with E-state index >= 15 is 0 Å². The molecule has 0 amide bonds. The van der Waals surface area contributed by atoms with Crippen LogP contribution in [0.5, 0.6) is 0 Å². The predicted octanol–water partition coefficient (Wildman–Crippen LogP) is 7.22. The van der Waals surface area contributed by atoms with Crippen molar-refractivity contribution in [2.45, 2.75) is 170 Å². The van der Waals surface area contributed by atoms with Crippen molar-refractivity contribution >= 4 is 0 Å². The lowest BCUT2D eigenvalue weighted by atomic mass is 9.93. The van der Waals surface area contributed by atoms with Crippen LogP contribution in [0.1, 0.15) is 135 Å². The first kappa shape index (κ1) is 34.5. The van der Waals surface area contributed by atoms with Crippen LogP contribution in [-0.4, -0.2) is 34.7 Å². The van der Waals surface area contributed by atoms with Crippen molar-refractivity contribution in [3.05, 3.63) is 0 Å². The molecule has 0 radical (unpaired) electrons. The maximum Gasteiger partial charge on any atom is 0.0101 e. The minimum atomic E-state index is 0. The monoisotopic (exact) mass is 430 g/mol. The van der Waals surface area contributed by atoms with Gasteiger partial charge < -0.3 is 22.1 Å². The Hall–Kier alpha value is -0.160. The topological polar surface area (TPSA) is 71.1 Å². The van der Waals surface area contributed by atoms with Crippen LogP contribution in [0.4, 0.5) is 0 Å². The van der Waals surface area contributed by atoms with Crippen molar-refractivity contribution in [3.8, 4) is 0 Å². The molecule has 0 saturated heterocycles. The molecule has 186 valence electrons. The number of hydrogen-bond acceptors (Lipinski definition) is 4. The third kappa shape index (κ3) is 27.8. The summed E-state index contributed by atoms with van der Waals surface area (Å²) in [6, 6.07) is 2.16. The van der Waals surface area contributed by atoms with Gasteiger partial charge in [-0.15, -0.1) is 0 Å². The fourth-order valence-corrected chi connectivity index (χ4v) is 3.71. The molecule has 0 spiro atoms. The van der Waals surface area contributed by atoms with E-state index < -0.39 is 0 Å². The highest BCUT2D eigenvalue weighted by Gasteiger charge is 2.19. The SMILES string of the molecule is CC(C)(C)NC(C)(C)C.CC(C)(C)NC1CCCCC1.CCC(C)NC(C)CC.N. The van der Waals surface area contributed by atoms with Gasteiger partial charge in [-0.1, -0.05) is 33.1 Å². The summed E-state index contributed by atoms with van der Waals surface area (Å²) in [5.74, 6) is 0. The van der Waals surface area contributed by atoms with E-state index in [1.165, 1.54) is 44.9 Å². The maximum atomic E-state index is 3.66. The molecule has 1 rings (SSSR count). The molecule has 0 aromatic heterocycles. The predicted molar refractivity (Wildman–Crippen MR) is 140 cm³/mol. The van der Waals surface area contributed by atoms with Gasteiger partial charge in [-0.2, -0.15) is 0 Å². The lowest BCUT2D eigenvalue weighted by molar-refractivity contribution is 0.295. The minimum absolute atomic E-state index is 0. The first-order chi connectivity index (χ1) is 13.0. The summed E-state index contributed by atoms with van der Waals surface area (Å²) < 4.78 is 0. The van der Waals surface area contributed by atoms with Crippen molar-refractivity contribution < 1.29 is 0 Å². The second-order valence-corrected chi connectivity index (χ2v) is 12.1. The zero-order chi connectivity index (χ0) is 23.3. The lowest BCUT2D eigenvalue weighted by Crippen LogP contribution is -2.48. The molecule has 0 aromatic rings. The molecule has 0 aromatic carbocycles. The van der Waals surface area contributed by atoms with Gasteiger partial charge in [0.15, 0.2) is 0 Å². The van der Waals surface area contributed by atoms with E-state index in [1.54, 1.807) is 0 Å². The third-order valence-corrected chi connectivity index (χ3v) is 4.79. The van der Waals surface area contributed by atoms with E-state index in [0.717, 1.165) is 6.04 Å². The molecular formula is C26H62N4. The molecule has 0 aliphatic heterocycles. The molecule has 4 nitrogen and oxygen atoms in total. The molecule has 1 saturated carbocycles. The van der Waals surface area contributed by atoms with Crippen molar-refractivity contribution in [1.82, 2.24) is 22.1 Å². The second kappa shape index (κ2) is 16.5. The number of rotatable bonds is 5. The summed E-state index contributed by atoms with van der Waals surface area (Å²) >= 11 is 0. The Labute approximate surface area is 192 Å². The summed E-state index contributed by atoms with van der Waals surface area (Å²) in [5, 5.41) is 10.6. The number of hydrogen-bond donors (Lipinski definition) is 4. The highest BCUT2D eigenvalue weighted by Crippen LogP contribution is 2.19. The van der Waals surface area contributed by atoms with E-state index in [1.807, 2.05) is 0 Å². The first-order valence-electron chi connectivity index (χ1n) is 12.3. The number of nitrogens with one attached hydrogen (secondary N) is 3. The van der Waals surface area contributed by atoms with Crippen molar-refractivity contribution in [3.63, 3.8) is 0 Å². The summed E-state index contributed by atoms with van der Waals surface area (Å²) in [7, 11) is 0. The normalized spacial score (nSPS) is 17.5. The Morgan fingerprint density at radius 2 is 1.03 bits per heavy atom. The average Bonchev–Trinajstić information content (AvgIpc) is 2.51. The fraction of sp³-hybridized carbons (Fsp3) is 1.00. The summed E-state index contributed by atoms with van der Waals surface area (Å²) in [4.78, 5) is 0. The van der Waals surface area contributed by atoms with Gasteiger partial charge in [-0.25, -0.2) is 0 Å². The molecule has 0 bridgehead atoms. The zero-order valence-electron chi connectivity index (χ0n) is 23.4. The van der Waals surface area contributed by atoms with Gasteiger partial charge in [0.2, 0.25) is 0 Å². The van der Waals surface area contributed by atoms with E-state index in [-0.39, 0.29) is 17.2 Å². The summed E-state index contributed by atoms with van der Waals surface area (Å²) in [5.41, 5.74) is 0.776. The molecule has 2 atom stereocenters. The largest absolute Gasteiger partial charge is 0.344 e. The van der Waals surface area contributed by atoms with Gasteiger partial charge in [0.25, 0.3) is 0 Å². The molecule has 6 N–H and O–H groups in total. The van der Waals surface area contributed by atoms with Gasteiger partial charge >= 0.3 is 0 Å². The Morgan fingerprint density at radius 3 is 1.27 bits per heavy atom. The van der Waals surface area contributed by atoms with Gasteiger partial charge in [0.1, 0.15) is 0 Å². The Kier molecular flexibility index (Phi) is 18.9. The summed E-state index contributed by atoms with van der Waals surface area (Å²) in [6.07, 6.45) is 9.52. The van der Waals surface area contributed by atoms with Gasteiger partial charge in [-0.3, -0.25) is 0 Å². The van der Waals surface area contributed by atoms with E-state index in [4.69, 9.17) is 0 Å². The molecule has 4 heteroatoms. The maximum absolute atomic E-state index is 3.66. The molecule has 1 aliphatic rings. The molecule has 2 unspecified atom stereocenters. The van der Waals surface area contributed by atoms with Crippen LogP contribution in [-0.2, 0) is 0 Å². The van der Waals surface area contributed by atoms with Crippen LogP contribution in [0, 0.1) is 0 Å². The standard InChI is InChI=1S/C10H21N.2C8H19N.H3N/c1-10(2,3)11-9-7-5-4-6-8-9;1-7(2,3)9-8(4,5)6;1-5-7(3)9-8(4)6-2;/h9,11H,4-8H2,1-3H3;9H,1-6H3;7-9H,5-6H2,1-4H3;1H3. The quantitative estimate of drug-likeness (QED) is 0.371. The molecular weight excluding hydrogens is 368 g/mol. The van der Waals surface area contributed by atoms with Crippen molar-refractivity contribution in [2.24, 2.45) is 0 Å². The highest BCUT2D eigenvalue weighted by atomic mass is 15.0. The van der Waals surface area contributed by atoms with Gasteiger partial charge in [0.05, 0.1) is 0 Å². The first-order valence-corrected chi connectivity index (χ1v) is 12.3. The van der Waals surface area contributed by atoms with Crippen LogP contribution >= 0.6 is 0 Å². The summed E-state index contributed by atoms with van der Waals surface area (Å²) in [6.45, 7) is 28.7. The van der Waals surface area contributed by atoms with E-state index in [2.05, 4.69) is 106 Å². The fourth-order valence-electron chi connectivity index (χ4n) is 3.71. The van der Waals surface area contributed by atoms with E-state index in [0.29, 0.717) is 17.6 Å². The van der Waals surface area contributed by atoms with Gasteiger partial charge in [-0.05, 0) is 102 Å². The lowest BCUT2D eigenvalue weighted by Gasteiger charge is -2.31. The van der Waals surface area contributed by atoms with Crippen LogP contribution in [0.25, 0.3) is 0 Å². The molecule has 30 heavy (non-hydrogen) atoms. The molecule has 0 heterocycles. The van der Waals surface area contributed by atoms with Crippen molar-refractivity contribution in [2.75, 3.05) is 0 Å². The Balaban J connectivity index is -0.000000362. The van der Waals surface area contributed by atoms with Crippen LogP contribution < -0.4 is 22.1 Å². The molecule has 1 fully saturated rings. The zero-order valence-corrected chi connectivity index (χ0v) is 23.4. The van der Waals surface area contributed by atoms with Crippen LogP contribution in [0.15, 0.2) is 0 Å². The molecule has 1 aliphatic carbocycles. The third-order valence-electron chi connectivity index (χ3n) is 4.79. The van der Waals surface area contributed by atoms with E-state index in [9.17, 15) is 0 Å². The van der Waals surface area contributed by atoms with Crippen LogP contribution in [0.2, 0.25) is 0 Å². The van der Waals surface area contributed by atoms with Crippen molar-refractivity contribution in [1.29, 1.82) is 0 Å². The smallest absolute Gasteiger partial charge is 0.0101 e. The van der Waals surface area contributed by atoms with Gasteiger partial charge in [0, 0.05) is 34.7 Å².